The molecule has 0 aliphatic rings. The number of aryl methyl sites for hydroxylation is 1. The molecule has 0 saturated carbocycles. The highest BCUT2D eigenvalue weighted by Gasteiger charge is 2.35. The van der Waals surface area contributed by atoms with E-state index in [4.69, 9.17) is 0 Å². The number of hydrogen-bond donors (Lipinski definition) is 0. The molecule has 0 spiro atoms. The Hall–Kier alpha value is -2.90. The SMILES string of the molecule is CC(C)(C)c1ccc([Si](CCCc2ccccc2)(Cc2ccccc2)Cc2ccccc2)cc1. The molecule has 4 rings (SSSR count). The first-order valence-corrected chi connectivity index (χ1v) is 15.3. The summed E-state index contributed by atoms with van der Waals surface area (Å²) < 4.78 is 0. The first-order chi connectivity index (χ1) is 16.4. The minimum atomic E-state index is -1.89. The Labute approximate surface area is 207 Å². The van der Waals surface area contributed by atoms with Crippen LogP contribution in [0.4, 0.5) is 0 Å². The van der Waals surface area contributed by atoms with Crippen LogP contribution in [0.3, 0.4) is 0 Å². The molecular weight excluding hydrogens is 424 g/mol. The van der Waals surface area contributed by atoms with Gasteiger partial charge in [0.2, 0.25) is 0 Å². The molecule has 34 heavy (non-hydrogen) atoms. The molecular formula is C33H38Si. The molecule has 174 valence electrons. The molecule has 1 heteroatoms. The summed E-state index contributed by atoms with van der Waals surface area (Å²) in [5, 5.41) is 1.60. The largest absolute Gasteiger partial charge is 0.0953 e. The van der Waals surface area contributed by atoms with Crippen LogP contribution in [0.1, 0.15) is 49.4 Å². The molecule has 0 fully saturated rings. The summed E-state index contributed by atoms with van der Waals surface area (Å²) in [6.07, 6.45) is 2.39. The van der Waals surface area contributed by atoms with Gasteiger partial charge in [-0.15, -0.1) is 0 Å². The summed E-state index contributed by atoms with van der Waals surface area (Å²) in [4.78, 5) is 0. The van der Waals surface area contributed by atoms with Crippen molar-refractivity contribution in [3.8, 4) is 0 Å². The van der Waals surface area contributed by atoms with Crippen LogP contribution < -0.4 is 5.19 Å². The smallest absolute Gasteiger partial charge is 0.0627 e. The zero-order valence-electron chi connectivity index (χ0n) is 21.0. The van der Waals surface area contributed by atoms with Gasteiger partial charge in [-0.1, -0.05) is 165 Å². The normalized spacial score (nSPS) is 12.0. The van der Waals surface area contributed by atoms with Gasteiger partial charge in [0.05, 0.1) is 8.07 Å². The third kappa shape index (κ3) is 6.36. The molecule has 0 aliphatic heterocycles. The average molecular weight is 463 g/mol. The first-order valence-electron chi connectivity index (χ1n) is 12.7. The van der Waals surface area contributed by atoms with Crippen molar-refractivity contribution in [1.82, 2.24) is 0 Å². The second kappa shape index (κ2) is 11.0. The average Bonchev–Trinajstić information content (AvgIpc) is 2.85. The Bertz CT molecular complexity index is 1080. The summed E-state index contributed by atoms with van der Waals surface area (Å²) >= 11 is 0. The second-order valence-electron chi connectivity index (χ2n) is 10.8. The molecule has 0 saturated heterocycles. The van der Waals surface area contributed by atoms with E-state index >= 15 is 0 Å². The highest BCUT2D eigenvalue weighted by Crippen LogP contribution is 2.27. The van der Waals surface area contributed by atoms with Crippen LogP contribution in [-0.4, -0.2) is 8.07 Å². The van der Waals surface area contributed by atoms with Crippen molar-refractivity contribution in [1.29, 1.82) is 0 Å². The predicted molar refractivity (Wildman–Crippen MR) is 150 cm³/mol. The Morgan fingerprint density at radius 1 is 0.529 bits per heavy atom. The monoisotopic (exact) mass is 462 g/mol. The fraction of sp³-hybridized carbons (Fsp3) is 0.273. The molecule has 0 aliphatic carbocycles. The van der Waals surface area contributed by atoms with Gasteiger partial charge in [0.25, 0.3) is 0 Å². The van der Waals surface area contributed by atoms with E-state index in [0.717, 1.165) is 6.42 Å². The van der Waals surface area contributed by atoms with Crippen molar-refractivity contribution in [3.63, 3.8) is 0 Å². The van der Waals surface area contributed by atoms with E-state index in [1.165, 1.54) is 46.8 Å². The van der Waals surface area contributed by atoms with E-state index in [-0.39, 0.29) is 5.41 Å². The van der Waals surface area contributed by atoms with Gasteiger partial charge in [0, 0.05) is 0 Å². The predicted octanol–water partition coefficient (Wildman–Crippen LogP) is 7.84. The van der Waals surface area contributed by atoms with Crippen LogP contribution in [0.2, 0.25) is 6.04 Å². The van der Waals surface area contributed by atoms with Gasteiger partial charge >= 0.3 is 0 Å². The van der Waals surface area contributed by atoms with E-state index in [1.54, 1.807) is 5.19 Å². The van der Waals surface area contributed by atoms with E-state index in [1.807, 2.05) is 0 Å². The molecule has 4 aromatic rings. The summed E-state index contributed by atoms with van der Waals surface area (Å²) in [5.74, 6) is 0. The maximum Gasteiger partial charge on any atom is 0.0953 e. The molecule has 0 heterocycles. The van der Waals surface area contributed by atoms with Crippen LogP contribution >= 0.6 is 0 Å². The van der Waals surface area contributed by atoms with Gasteiger partial charge in [-0.2, -0.15) is 0 Å². The summed E-state index contributed by atoms with van der Waals surface area (Å²) in [5.41, 5.74) is 6.00. The zero-order valence-corrected chi connectivity index (χ0v) is 22.0. The van der Waals surface area contributed by atoms with E-state index in [0.29, 0.717) is 0 Å². The lowest BCUT2D eigenvalue weighted by molar-refractivity contribution is 0.590. The van der Waals surface area contributed by atoms with Crippen LogP contribution in [0.25, 0.3) is 0 Å². The van der Waals surface area contributed by atoms with Gasteiger partial charge in [-0.25, -0.2) is 0 Å². The molecule has 0 atom stereocenters. The first kappa shape index (κ1) is 24.2. The number of benzene rings is 4. The minimum Gasteiger partial charge on any atom is -0.0627 e. The lowest BCUT2D eigenvalue weighted by Crippen LogP contribution is -2.53. The summed E-state index contributed by atoms with van der Waals surface area (Å²) in [6, 6.07) is 46.8. The third-order valence-corrected chi connectivity index (χ3v) is 12.1. The molecule has 0 nitrogen and oxygen atoms in total. The van der Waals surface area contributed by atoms with Gasteiger partial charge in [0.15, 0.2) is 0 Å². The molecule has 0 aromatic heterocycles. The van der Waals surface area contributed by atoms with Crippen molar-refractivity contribution >= 4 is 13.3 Å². The zero-order chi connectivity index (χ0) is 23.9. The molecule has 0 amide bonds. The number of hydrogen-bond acceptors (Lipinski definition) is 0. The van der Waals surface area contributed by atoms with Gasteiger partial charge < -0.3 is 0 Å². The fourth-order valence-electron chi connectivity index (χ4n) is 5.16. The highest BCUT2D eigenvalue weighted by atomic mass is 28.3. The fourth-order valence-corrected chi connectivity index (χ4v) is 10.1. The molecule has 4 aromatic carbocycles. The third-order valence-electron chi connectivity index (χ3n) is 7.10. The van der Waals surface area contributed by atoms with E-state index < -0.39 is 8.07 Å². The highest BCUT2D eigenvalue weighted by molar-refractivity contribution is 6.91. The lowest BCUT2D eigenvalue weighted by atomic mass is 9.87. The minimum absolute atomic E-state index is 0.176. The van der Waals surface area contributed by atoms with Crippen molar-refractivity contribution in [2.45, 2.75) is 57.2 Å². The summed E-state index contributed by atoms with van der Waals surface area (Å²) in [7, 11) is -1.89. The van der Waals surface area contributed by atoms with Gasteiger partial charge in [-0.05, 0) is 35.1 Å². The molecule has 0 N–H and O–H groups in total. The lowest BCUT2D eigenvalue weighted by Gasteiger charge is -2.34. The van der Waals surface area contributed by atoms with Gasteiger partial charge in [0.1, 0.15) is 0 Å². The molecule has 0 radical (unpaired) electrons. The molecule has 0 bridgehead atoms. The Morgan fingerprint density at radius 3 is 1.41 bits per heavy atom. The Balaban J connectivity index is 1.72. The van der Waals surface area contributed by atoms with Crippen molar-refractivity contribution in [3.05, 3.63) is 138 Å². The van der Waals surface area contributed by atoms with Crippen LogP contribution in [0, 0.1) is 0 Å². The molecule has 0 unspecified atom stereocenters. The van der Waals surface area contributed by atoms with Crippen LogP contribution in [0.5, 0.6) is 0 Å². The summed E-state index contributed by atoms with van der Waals surface area (Å²) in [6.45, 7) is 6.92. The Kier molecular flexibility index (Phi) is 7.85. The van der Waals surface area contributed by atoms with Crippen LogP contribution in [0.15, 0.2) is 115 Å². The van der Waals surface area contributed by atoms with Crippen molar-refractivity contribution in [2.75, 3.05) is 0 Å². The standard InChI is InChI=1S/C33H38Si/c1-33(2,3)31-21-23-32(24-22-31)34(26-29-16-9-5-10-17-29,27-30-18-11-6-12-19-30)25-13-20-28-14-7-4-8-15-28/h4-12,14-19,21-24H,13,20,25-27H2,1-3H3. The van der Waals surface area contributed by atoms with Crippen LogP contribution in [-0.2, 0) is 23.9 Å². The Morgan fingerprint density at radius 2 is 0.971 bits per heavy atom. The second-order valence-corrected chi connectivity index (χ2v) is 15.1. The maximum atomic E-state index is 2.47. The van der Waals surface area contributed by atoms with E-state index in [2.05, 4.69) is 136 Å². The van der Waals surface area contributed by atoms with Gasteiger partial charge in [-0.3, -0.25) is 0 Å². The quantitative estimate of drug-likeness (QED) is 0.222. The number of rotatable bonds is 9. The van der Waals surface area contributed by atoms with Crippen molar-refractivity contribution < 1.29 is 0 Å². The van der Waals surface area contributed by atoms with Crippen molar-refractivity contribution in [2.24, 2.45) is 0 Å². The van der Waals surface area contributed by atoms with E-state index in [9.17, 15) is 0 Å². The maximum absolute atomic E-state index is 2.47. The topological polar surface area (TPSA) is 0 Å².